The number of nitrogens with one attached hydrogen (secondary N) is 3. The number of anilines is 1. The van der Waals surface area contributed by atoms with Crippen molar-refractivity contribution in [1.29, 1.82) is 0 Å². The molecule has 0 bridgehead atoms. The molecule has 7 aromatic rings. The number of hydrogen-bond acceptors (Lipinski definition) is 5. The maximum atomic E-state index is 12.6. The summed E-state index contributed by atoms with van der Waals surface area (Å²) in [5, 5.41) is 16.0. The first kappa shape index (κ1) is 22.1. The summed E-state index contributed by atoms with van der Waals surface area (Å²) in [6.07, 6.45) is 3.36. The van der Waals surface area contributed by atoms with Crippen LogP contribution in [0, 0.1) is 0 Å². The number of nitrogens with zero attached hydrogens (tertiary/aromatic N) is 3. The van der Waals surface area contributed by atoms with Crippen molar-refractivity contribution >= 4 is 44.9 Å². The molecule has 38 heavy (non-hydrogen) atoms. The number of fused-ring (bicyclic) bond motifs is 2. The van der Waals surface area contributed by atoms with Crippen molar-refractivity contribution < 1.29 is 4.79 Å². The molecule has 0 spiro atoms. The van der Waals surface area contributed by atoms with Crippen LogP contribution in [0.25, 0.3) is 55.7 Å². The van der Waals surface area contributed by atoms with Crippen LogP contribution in [-0.4, -0.2) is 31.1 Å². The smallest absolute Gasteiger partial charge is 0.255 e. The lowest BCUT2D eigenvalue weighted by Crippen LogP contribution is -2.11. The Morgan fingerprint density at radius 2 is 1.79 bits per heavy atom. The van der Waals surface area contributed by atoms with Crippen LogP contribution in [0.15, 0.2) is 102 Å². The fourth-order valence-corrected chi connectivity index (χ4v) is 5.30. The number of hydrogen-bond donors (Lipinski definition) is 3. The monoisotopic (exact) mass is 512 g/mol. The summed E-state index contributed by atoms with van der Waals surface area (Å²) in [6, 6.07) is 25.4. The summed E-state index contributed by atoms with van der Waals surface area (Å²) in [6.45, 7) is 0. The highest BCUT2D eigenvalue weighted by Gasteiger charge is 2.16. The quantitative estimate of drug-likeness (QED) is 0.228. The average Bonchev–Trinajstić information content (AvgIpc) is 3.73. The van der Waals surface area contributed by atoms with Gasteiger partial charge in [-0.25, -0.2) is 4.98 Å². The predicted octanol–water partition coefficient (Wildman–Crippen LogP) is 7.15. The third kappa shape index (κ3) is 3.93. The lowest BCUT2D eigenvalue weighted by molar-refractivity contribution is 0.102. The van der Waals surface area contributed by atoms with Crippen molar-refractivity contribution in [3.05, 3.63) is 108 Å². The van der Waals surface area contributed by atoms with Gasteiger partial charge in [0.1, 0.15) is 11.2 Å². The van der Waals surface area contributed by atoms with Crippen molar-refractivity contribution in [2.45, 2.75) is 0 Å². The molecule has 0 saturated heterocycles. The molecule has 0 aliphatic carbocycles. The average molecular weight is 513 g/mol. The van der Waals surface area contributed by atoms with E-state index < -0.39 is 0 Å². The molecule has 7 rings (SSSR count). The van der Waals surface area contributed by atoms with Crippen LogP contribution in [0.4, 0.5) is 5.69 Å². The first-order valence-electron chi connectivity index (χ1n) is 12.0. The first-order chi connectivity index (χ1) is 18.7. The molecule has 8 heteroatoms. The number of benzene rings is 2. The van der Waals surface area contributed by atoms with Gasteiger partial charge in [-0.05, 0) is 70.4 Å². The molecule has 182 valence electrons. The lowest BCUT2D eigenvalue weighted by atomic mass is 10.0. The van der Waals surface area contributed by atoms with E-state index in [0.717, 1.165) is 44.6 Å². The van der Waals surface area contributed by atoms with E-state index in [2.05, 4.69) is 66.6 Å². The van der Waals surface area contributed by atoms with Gasteiger partial charge in [0.2, 0.25) is 0 Å². The van der Waals surface area contributed by atoms with Crippen molar-refractivity contribution in [2.24, 2.45) is 0 Å². The van der Waals surface area contributed by atoms with Crippen molar-refractivity contribution in [2.75, 3.05) is 5.32 Å². The molecule has 3 N–H and O–H groups in total. The number of aromatic amines is 2. The molecule has 0 unspecified atom stereocenters. The molecule has 0 atom stereocenters. The summed E-state index contributed by atoms with van der Waals surface area (Å²) in [5.74, 6) is -0.189. The molecule has 5 aromatic heterocycles. The Morgan fingerprint density at radius 3 is 2.66 bits per heavy atom. The molecule has 7 nitrogen and oxygen atoms in total. The third-order valence-electron chi connectivity index (χ3n) is 6.49. The van der Waals surface area contributed by atoms with Crippen LogP contribution >= 0.6 is 11.3 Å². The van der Waals surface area contributed by atoms with Crippen molar-refractivity contribution in [1.82, 2.24) is 25.1 Å². The second-order valence-electron chi connectivity index (χ2n) is 8.91. The highest BCUT2D eigenvalue weighted by atomic mass is 32.1. The molecule has 0 aliphatic rings. The van der Waals surface area contributed by atoms with Crippen molar-refractivity contribution in [3.8, 4) is 33.8 Å². The molecular weight excluding hydrogens is 492 g/mol. The zero-order valence-electron chi connectivity index (χ0n) is 20.0. The molecule has 0 aliphatic heterocycles. The summed E-state index contributed by atoms with van der Waals surface area (Å²) >= 11 is 1.69. The number of thiophene rings is 1. The Kier molecular flexibility index (Phi) is 5.30. The standard InChI is InChI=1S/C30H20N6OS/c37-30(18-5-2-1-3-6-18)32-21-13-20(15-31-16-21)24-9-10-26-28(34-24)29(36-35-26)27-14-23-22(19-11-12-38-17-19)7-4-8-25(23)33-27/h1-17,33H,(H,32,37)(H,35,36). The molecular formula is C30H20N6OS. The Morgan fingerprint density at radius 1 is 0.868 bits per heavy atom. The van der Waals surface area contributed by atoms with Gasteiger partial charge in [-0.2, -0.15) is 16.4 Å². The number of aromatic nitrogens is 5. The maximum absolute atomic E-state index is 12.6. The van der Waals surface area contributed by atoms with E-state index in [9.17, 15) is 4.79 Å². The first-order valence-corrected chi connectivity index (χ1v) is 13.0. The van der Waals surface area contributed by atoms with Crippen LogP contribution in [0.3, 0.4) is 0 Å². The SMILES string of the molecule is O=C(Nc1cncc(-c2ccc3[nH]nc(-c4cc5c(-c6ccsc6)cccc5[nH]4)c3n2)c1)c1ccccc1. The molecule has 0 radical (unpaired) electrons. The van der Waals surface area contributed by atoms with E-state index in [0.29, 0.717) is 11.3 Å². The van der Waals surface area contributed by atoms with E-state index in [-0.39, 0.29) is 5.91 Å². The molecule has 2 aromatic carbocycles. The number of pyridine rings is 2. The second kappa shape index (κ2) is 9.10. The number of amides is 1. The van der Waals surface area contributed by atoms with E-state index in [1.807, 2.05) is 36.4 Å². The fourth-order valence-electron chi connectivity index (χ4n) is 4.64. The summed E-state index contributed by atoms with van der Waals surface area (Å²) < 4.78 is 0. The second-order valence-corrected chi connectivity index (χ2v) is 9.69. The minimum Gasteiger partial charge on any atom is -0.353 e. The Balaban J connectivity index is 1.25. The van der Waals surface area contributed by atoms with Gasteiger partial charge >= 0.3 is 0 Å². The maximum Gasteiger partial charge on any atom is 0.255 e. The summed E-state index contributed by atoms with van der Waals surface area (Å²) in [4.78, 5) is 25.4. The Bertz CT molecular complexity index is 1920. The number of carbonyl (C=O) groups is 1. The Hall–Kier alpha value is -5.08. The third-order valence-corrected chi connectivity index (χ3v) is 7.17. The van der Waals surface area contributed by atoms with Gasteiger partial charge in [0, 0.05) is 28.2 Å². The van der Waals surface area contributed by atoms with E-state index >= 15 is 0 Å². The minimum atomic E-state index is -0.189. The van der Waals surface area contributed by atoms with Crippen LogP contribution in [0.5, 0.6) is 0 Å². The predicted molar refractivity (Wildman–Crippen MR) is 152 cm³/mol. The van der Waals surface area contributed by atoms with E-state index in [1.54, 1.807) is 35.9 Å². The molecule has 0 saturated carbocycles. The van der Waals surface area contributed by atoms with Gasteiger partial charge < -0.3 is 10.3 Å². The summed E-state index contributed by atoms with van der Waals surface area (Å²) in [5.41, 5.74) is 9.36. The van der Waals surface area contributed by atoms with Crippen LogP contribution < -0.4 is 5.32 Å². The van der Waals surface area contributed by atoms with Crippen LogP contribution in [-0.2, 0) is 0 Å². The van der Waals surface area contributed by atoms with Gasteiger partial charge in [0.05, 0.1) is 28.8 Å². The molecule has 1 amide bonds. The van der Waals surface area contributed by atoms with Crippen molar-refractivity contribution in [3.63, 3.8) is 0 Å². The number of rotatable bonds is 5. The fraction of sp³-hybridized carbons (Fsp3) is 0. The molecule has 5 heterocycles. The van der Waals surface area contributed by atoms with Gasteiger partial charge in [-0.3, -0.25) is 14.9 Å². The van der Waals surface area contributed by atoms with Crippen LogP contribution in [0.2, 0.25) is 0 Å². The topological polar surface area (TPSA) is 99.4 Å². The Labute approximate surface area is 221 Å². The minimum absolute atomic E-state index is 0.189. The van der Waals surface area contributed by atoms with E-state index in [4.69, 9.17) is 4.98 Å². The van der Waals surface area contributed by atoms with E-state index in [1.165, 1.54) is 11.1 Å². The zero-order chi connectivity index (χ0) is 25.5. The normalized spacial score (nSPS) is 11.3. The highest BCUT2D eigenvalue weighted by molar-refractivity contribution is 7.08. The van der Waals surface area contributed by atoms with Gasteiger partial charge in [0.15, 0.2) is 0 Å². The molecule has 0 fully saturated rings. The lowest BCUT2D eigenvalue weighted by Gasteiger charge is -2.07. The van der Waals surface area contributed by atoms with Gasteiger partial charge in [0.25, 0.3) is 5.91 Å². The number of H-pyrrole nitrogens is 2. The van der Waals surface area contributed by atoms with Gasteiger partial charge in [-0.1, -0.05) is 30.3 Å². The van der Waals surface area contributed by atoms with Gasteiger partial charge in [-0.15, -0.1) is 0 Å². The largest absolute Gasteiger partial charge is 0.353 e. The number of carbonyl (C=O) groups excluding carboxylic acids is 1. The zero-order valence-corrected chi connectivity index (χ0v) is 20.8. The highest BCUT2D eigenvalue weighted by Crippen LogP contribution is 2.35. The van der Waals surface area contributed by atoms with Crippen LogP contribution in [0.1, 0.15) is 10.4 Å². The summed E-state index contributed by atoms with van der Waals surface area (Å²) in [7, 11) is 0.